The SMILES string of the molecule is CSc1cc(OCC(C)(C)N)ncn1. The highest BCUT2D eigenvalue weighted by Gasteiger charge is 2.11. The van der Waals surface area contributed by atoms with Gasteiger partial charge in [0.05, 0.1) is 0 Å². The van der Waals surface area contributed by atoms with Crippen molar-refractivity contribution >= 4 is 11.8 Å². The maximum Gasteiger partial charge on any atom is 0.217 e. The standard InChI is InChI=1S/C9H15N3OS/c1-9(2,10)5-13-7-4-8(14-3)12-6-11-7/h4,6H,5,10H2,1-3H3. The molecular formula is C9H15N3OS. The highest BCUT2D eigenvalue weighted by molar-refractivity contribution is 7.98. The molecule has 0 saturated carbocycles. The normalized spacial score (nSPS) is 11.4. The summed E-state index contributed by atoms with van der Waals surface area (Å²) in [5.41, 5.74) is 5.44. The highest BCUT2D eigenvalue weighted by Crippen LogP contribution is 2.15. The first-order chi connectivity index (χ1) is 6.51. The van der Waals surface area contributed by atoms with E-state index in [0.29, 0.717) is 12.5 Å². The molecule has 0 aliphatic rings. The van der Waals surface area contributed by atoms with Crippen molar-refractivity contribution in [2.24, 2.45) is 5.73 Å². The second-order valence-corrected chi connectivity index (χ2v) is 4.50. The van der Waals surface area contributed by atoms with Gasteiger partial charge in [0.1, 0.15) is 18.0 Å². The van der Waals surface area contributed by atoms with Gasteiger partial charge >= 0.3 is 0 Å². The van der Waals surface area contributed by atoms with Crippen LogP contribution in [-0.4, -0.2) is 28.4 Å². The van der Waals surface area contributed by atoms with Crippen LogP contribution in [0.3, 0.4) is 0 Å². The molecule has 1 aromatic heterocycles. The van der Waals surface area contributed by atoms with Gasteiger partial charge in [-0.25, -0.2) is 9.97 Å². The van der Waals surface area contributed by atoms with Gasteiger partial charge < -0.3 is 10.5 Å². The predicted octanol–water partition coefficient (Wildman–Crippen LogP) is 1.31. The van der Waals surface area contributed by atoms with Crippen LogP contribution in [0.4, 0.5) is 0 Å². The fraction of sp³-hybridized carbons (Fsp3) is 0.556. The van der Waals surface area contributed by atoms with Crippen molar-refractivity contribution in [3.8, 4) is 5.88 Å². The van der Waals surface area contributed by atoms with Crippen molar-refractivity contribution in [2.45, 2.75) is 24.4 Å². The summed E-state index contributed by atoms with van der Waals surface area (Å²) in [7, 11) is 0. The zero-order valence-electron chi connectivity index (χ0n) is 8.65. The minimum absolute atomic E-state index is 0.343. The lowest BCUT2D eigenvalue weighted by atomic mass is 10.1. The first kappa shape index (κ1) is 11.3. The smallest absolute Gasteiger partial charge is 0.217 e. The Morgan fingerprint density at radius 3 is 2.79 bits per heavy atom. The van der Waals surface area contributed by atoms with Crippen LogP contribution in [0.2, 0.25) is 0 Å². The van der Waals surface area contributed by atoms with Crippen molar-refractivity contribution in [3.63, 3.8) is 0 Å². The maximum atomic E-state index is 5.78. The Balaban J connectivity index is 2.59. The van der Waals surface area contributed by atoms with Gasteiger partial charge in [-0.15, -0.1) is 11.8 Å². The Morgan fingerprint density at radius 2 is 2.21 bits per heavy atom. The summed E-state index contributed by atoms with van der Waals surface area (Å²) < 4.78 is 5.42. The highest BCUT2D eigenvalue weighted by atomic mass is 32.2. The zero-order valence-corrected chi connectivity index (χ0v) is 9.47. The summed E-state index contributed by atoms with van der Waals surface area (Å²) in [6.45, 7) is 4.26. The number of nitrogens with zero attached hydrogens (tertiary/aromatic N) is 2. The van der Waals surface area contributed by atoms with E-state index in [1.165, 1.54) is 6.33 Å². The van der Waals surface area contributed by atoms with Crippen LogP contribution < -0.4 is 10.5 Å². The van der Waals surface area contributed by atoms with Crippen LogP contribution in [0.5, 0.6) is 5.88 Å². The van der Waals surface area contributed by atoms with Gasteiger partial charge in [0.15, 0.2) is 0 Å². The molecule has 0 radical (unpaired) electrons. The summed E-state index contributed by atoms with van der Waals surface area (Å²) in [5, 5.41) is 0.893. The van der Waals surface area contributed by atoms with E-state index >= 15 is 0 Å². The molecule has 4 nitrogen and oxygen atoms in total. The van der Waals surface area contributed by atoms with Gasteiger partial charge in [-0.1, -0.05) is 0 Å². The van der Waals surface area contributed by atoms with Gasteiger partial charge in [-0.05, 0) is 20.1 Å². The third-order valence-electron chi connectivity index (χ3n) is 1.42. The molecule has 0 aromatic carbocycles. The third kappa shape index (κ3) is 3.93. The van der Waals surface area contributed by atoms with Crippen LogP contribution in [0, 0.1) is 0 Å². The van der Waals surface area contributed by atoms with Gasteiger partial charge in [0.2, 0.25) is 5.88 Å². The molecule has 1 aromatic rings. The van der Waals surface area contributed by atoms with E-state index in [1.807, 2.05) is 20.1 Å². The quantitative estimate of drug-likeness (QED) is 0.603. The van der Waals surface area contributed by atoms with Crippen LogP contribution in [-0.2, 0) is 0 Å². The Labute approximate surface area is 88.3 Å². The molecular weight excluding hydrogens is 198 g/mol. The largest absolute Gasteiger partial charge is 0.476 e. The molecule has 1 heterocycles. The molecule has 78 valence electrons. The van der Waals surface area contributed by atoms with Crippen molar-refractivity contribution in [3.05, 3.63) is 12.4 Å². The van der Waals surface area contributed by atoms with E-state index in [2.05, 4.69) is 9.97 Å². The molecule has 0 atom stereocenters. The fourth-order valence-corrected chi connectivity index (χ4v) is 1.14. The van der Waals surface area contributed by atoms with Gasteiger partial charge in [0.25, 0.3) is 0 Å². The van der Waals surface area contributed by atoms with Crippen molar-refractivity contribution in [1.82, 2.24) is 9.97 Å². The number of nitrogens with two attached hydrogens (primary N) is 1. The topological polar surface area (TPSA) is 61.0 Å². The Hall–Kier alpha value is -0.810. The van der Waals surface area contributed by atoms with Gasteiger partial charge in [-0.2, -0.15) is 0 Å². The molecule has 0 unspecified atom stereocenters. The van der Waals surface area contributed by atoms with E-state index in [9.17, 15) is 0 Å². The van der Waals surface area contributed by atoms with Crippen molar-refractivity contribution in [1.29, 1.82) is 0 Å². The number of rotatable bonds is 4. The monoisotopic (exact) mass is 213 g/mol. The van der Waals surface area contributed by atoms with E-state index < -0.39 is 0 Å². The number of aromatic nitrogens is 2. The van der Waals surface area contributed by atoms with Gasteiger partial charge in [0, 0.05) is 11.6 Å². The van der Waals surface area contributed by atoms with Gasteiger partial charge in [-0.3, -0.25) is 0 Å². The predicted molar refractivity (Wildman–Crippen MR) is 57.6 cm³/mol. The summed E-state index contributed by atoms with van der Waals surface area (Å²) in [6, 6.07) is 1.80. The molecule has 0 amide bonds. The second-order valence-electron chi connectivity index (χ2n) is 3.68. The minimum atomic E-state index is -0.343. The molecule has 0 fully saturated rings. The molecule has 0 bridgehead atoms. The Kier molecular flexibility index (Phi) is 3.71. The lowest BCUT2D eigenvalue weighted by Gasteiger charge is -2.18. The van der Waals surface area contributed by atoms with Crippen LogP contribution >= 0.6 is 11.8 Å². The third-order valence-corrected chi connectivity index (χ3v) is 2.06. The Bertz CT molecular complexity index is 298. The molecule has 1 rings (SSSR count). The van der Waals surface area contributed by atoms with Crippen LogP contribution in [0.25, 0.3) is 0 Å². The van der Waals surface area contributed by atoms with E-state index in [1.54, 1.807) is 17.8 Å². The molecule has 0 aliphatic heterocycles. The average Bonchev–Trinajstić information content (AvgIpc) is 2.14. The van der Waals surface area contributed by atoms with Crippen LogP contribution in [0.1, 0.15) is 13.8 Å². The van der Waals surface area contributed by atoms with E-state index in [-0.39, 0.29) is 5.54 Å². The minimum Gasteiger partial charge on any atom is -0.476 e. The van der Waals surface area contributed by atoms with E-state index in [0.717, 1.165) is 5.03 Å². The number of thioether (sulfide) groups is 1. The second kappa shape index (κ2) is 4.61. The lowest BCUT2D eigenvalue weighted by Crippen LogP contribution is -2.38. The summed E-state index contributed by atoms with van der Waals surface area (Å²) in [6.07, 6.45) is 3.45. The summed E-state index contributed by atoms with van der Waals surface area (Å²) in [5.74, 6) is 0.572. The first-order valence-corrected chi connectivity index (χ1v) is 5.51. The fourth-order valence-electron chi connectivity index (χ4n) is 0.773. The molecule has 5 heteroatoms. The average molecular weight is 213 g/mol. The zero-order chi connectivity index (χ0) is 10.6. The lowest BCUT2D eigenvalue weighted by molar-refractivity contribution is 0.234. The molecule has 0 aliphatic carbocycles. The molecule has 14 heavy (non-hydrogen) atoms. The summed E-state index contributed by atoms with van der Waals surface area (Å²) >= 11 is 1.55. The van der Waals surface area contributed by atoms with Crippen molar-refractivity contribution < 1.29 is 4.74 Å². The molecule has 0 spiro atoms. The molecule has 2 N–H and O–H groups in total. The Morgan fingerprint density at radius 1 is 1.50 bits per heavy atom. The van der Waals surface area contributed by atoms with Crippen LogP contribution in [0.15, 0.2) is 17.4 Å². The molecule has 0 saturated heterocycles. The number of ether oxygens (including phenoxy) is 1. The van der Waals surface area contributed by atoms with Crippen molar-refractivity contribution in [2.75, 3.05) is 12.9 Å². The number of hydrogen-bond donors (Lipinski definition) is 1. The maximum absolute atomic E-state index is 5.78. The number of hydrogen-bond acceptors (Lipinski definition) is 5. The first-order valence-electron chi connectivity index (χ1n) is 4.29. The van der Waals surface area contributed by atoms with E-state index in [4.69, 9.17) is 10.5 Å². The summed E-state index contributed by atoms with van der Waals surface area (Å²) in [4.78, 5) is 8.03.